The summed E-state index contributed by atoms with van der Waals surface area (Å²) in [5.74, 6) is 0. The number of rotatable bonds is 2. The summed E-state index contributed by atoms with van der Waals surface area (Å²) in [5, 5.41) is 12.8. The van der Waals surface area contributed by atoms with Crippen LogP contribution in [0.4, 0.5) is 4.79 Å². The number of hydrogen-bond donors (Lipinski definition) is 0. The first-order valence-electron chi connectivity index (χ1n) is 6.72. The van der Waals surface area contributed by atoms with Gasteiger partial charge in [-0.1, -0.05) is 28.9 Å². The highest BCUT2D eigenvalue weighted by molar-refractivity contribution is 6.11. The van der Waals surface area contributed by atoms with Crippen molar-refractivity contribution in [2.75, 3.05) is 13.1 Å². The zero-order valence-electron chi connectivity index (χ0n) is 11.5. The minimum atomic E-state index is -0.481. The van der Waals surface area contributed by atoms with Crippen molar-refractivity contribution in [2.24, 2.45) is 5.16 Å². The molecule has 5 heteroatoms. The monoisotopic (exact) mass is 271 g/mol. The fraction of sp³-hybridized carbons (Fsp3) is 0.400. The van der Waals surface area contributed by atoms with E-state index < -0.39 is 6.09 Å². The Kier molecular flexibility index (Phi) is 4.72. The average molecular weight is 271 g/mol. The van der Waals surface area contributed by atoms with Crippen LogP contribution in [0.2, 0.25) is 0 Å². The third-order valence-electron chi connectivity index (χ3n) is 3.23. The number of nitrogens with zero attached hydrogens (tertiary/aromatic N) is 3. The molecule has 20 heavy (non-hydrogen) atoms. The van der Waals surface area contributed by atoms with E-state index in [9.17, 15) is 4.79 Å². The van der Waals surface area contributed by atoms with E-state index >= 15 is 0 Å². The molecule has 0 aromatic heterocycles. The molecule has 0 N–H and O–H groups in total. The van der Waals surface area contributed by atoms with Crippen LogP contribution in [0.3, 0.4) is 0 Å². The van der Waals surface area contributed by atoms with Crippen LogP contribution in [0.1, 0.15) is 30.4 Å². The molecule has 0 atom stereocenters. The number of likely N-dealkylation sites (tertiary alicyclic amines) is 1. The van der Waals surface area contributed by atoms with Gasteiger partial charge >= 0.3 is 6.09 Å². The van der Waals surface area contributed by atoms with Crippen LogP contribution in [0.5, 0.6) is 0 Å². The van der Waals surface area contributed by atoms with Crippen LogP contribution in [-0.2, 0) is 4.84 Å². The molecular formula is C15H17N3O2. The van der Waals surface area contributed by atoms with Gasteiger partial charge in [-0.2, -0.15) is 5.26 Å². The van der Waals surface area contributed by atoms with Gasteiger partial charge in [0.1, 0.15) is 6.07 Å². The van der Waals surface area contributed by atoms with E-state index in [1.165, 1.54) is 0 Å². The SMILES string of the molecule is Cc1cccc(/C(C#N)=N\OC(=O)N2CCCCC2)c1. The first-order chi connectivity index (χ1) is 9.70. The molecule has 5 nitrogen and oxygen atoms in total. The maximum atomic E-state index is 11.8. The van der Waals surface area contributed by atoms with Crippen molar-refractivity contribution in [1.29, 1.82) is 5.26 Å². The second kappa shape index (κ2) is 6.71. The lowest BCUT2D eigenvalue weighted by Crippen LogP contribution is -2.35. The van der Waals surface area contributed by atoms with Crippen molar-refractivity contribution in [2.45, 2.75) is 26.2 Å². The molecule has 1 aliphatic rings. The van der Waals surface area contributed by atoms with Crippen molar-refractivity contribution >= 4 is 11.8 Å². The summed E-state index contributed by atoms with van der Waals surface area (Å²) in [6, 6.07) is 9.32. The van der Waals surface area contributed by atoms with Crippen molar-refractivity contribution in [3.63, 3.8) is 0 Å². The Morgan fingerprint density at radius 3 is 2.75 bits per heavy atom. The van der Waals surface area contributed by atoms with E-state index in [2.05, 4.69) is 5.16 Å². The Bertz CT molecular complexity index is 554. The molecule has 1 aromatic rings. The second-order valence-electron chi connectivity index (χ2n) is 4.83. The highest BCUT2D eigenvalue weighted by Gasteiger charge is 2.18. The molecule has 1 aromatic carbocycles. The third kappa shape index (κ3) is 3.58. The summed E-state index contributed by atoms with van der Waals surface area (Å²) >= 11 is 0. The number of piperidine rings is 1. The van der Waals surface area contributed by atoms with Gasteiger partial charge in [-0.25, -0.2) is 4.79 Å². The third-order valence-corrected chi connectivity index (χ3v) is 3.23. The lowest BCUT2D eigenvalue weighted by molar-refractivity contribution is 0.0984. The zero-order chi connectivity index (χ0) is 14.4. The number of carbonyl (C=O) groups is 1. The number of nitriles is 1. The average Bonchev–Trinajstić information content (AvgIpc) is 2.48. The fourth-order valence-electron chi connectivity index (χ4n) is 2.15. The van der Waals surface area contributed by atoms with Crippen molar-refractivity contribution in [1.82, 2.24) is 4.90 Å². The van der Waals surface area contributed by atoms with E-state index in [1.807, 2.05) is 31.2 Å². The van der Waals surface area contributed by atoms with Crippen molar-refractivity contribution in [3.05, 3.63) is 35.4 Å². The molecule has 0 unspecified atom stereocenters. The Labute approximate surface area is 118 Å². The van der Waals surface area contributed by atoms with E-state index in [1.54, 1.807) is 11.0 Å². The van der Waals surface area contributed by atoms with E-state index in [0.717, 1.165) is 24.8 Å². The summed E-state index contributed by atoms with van der Waals surface area (Å²) in [4.78, 5) is 18.3. The van der Waals surface area contributed by atoms with Crippen LogP contribution in [0, 0.1) is 18.3 Å². The van der Waals surface area contributed by atoms with Gasteiger partial charge in [0.05, 0.1) is 0 Å². The smallest absolute Gasteiger partial charge is 0.306 e. The molecule has 2 rings (SSSR count). The highest BCUT2D eigenvalue weighted by atomic mass is 16.7. The van der Waals surface area contributed by atoms with Gasteiger partial charge in [-0.15, -0.1) is 0 Å². The molecule has 0 radical (unpaired) electrons. The minimum absolute atomic E-state index is 0.110. The second-order valence-corrected chi connectivity index (χ2v) is 4.83. The molecule has 0 spiro atoms. The van der Waals surface area contributed by atoms with Gasteiger partial charge in [0, 0.05) is 18.7 Å². The standard InChI is InChI=1S/C15H17N3O2/c1-12-6-5-7-13(10-12)14(11-16)17-20-15(19)18-8-3-2-4-9-18/h5-7,10H,2-4,8-9H2,1H3/b17-14-. The molecule has 0 saturated carbocycles. The lowest BCUT2D eigenvalue weighted by atomic mass is 10.1. The van der Waals surface area contributed by atoms with Gasteiger partial charge < -0.3 is 4.90 Å². The molecule has 1 heterocycles. The quantitative estimate of drug-likeness (QED) is 0.472. The molecule has 1 saturated heterocycles. The minimum Gasteiger partial charge on any atom is -0.306 e. The van der Waals surface area contributed by atoms with Crippen molar-refractivity contribution in [3.8, 4) is 6.07 Å². The molecular weight excluding hydrogens is 254 g/mol. The normalized spacial score (nSPS) is 15.6. The Balaban J connectivity index is 2.04. The van der Waals surface area contributed by atoms with Crippen molar-refractivity contribution < 1.29 is 9.63 Å². The number of hydrogen-bond acceptors (Lipinski definition) is 4. The maximum absolute atomic E-state index is 11.8. The molecule has 0 aliphatic carbocycles. The van der Waals surface area contributed by atoms with Gasteiger partial charge in [0.25, 0.3) is 0 Å². The number of oxime groups is 1. The maximum Gasteiger partial charge on any atom is 0.436 e. The van der Waals surface area contributed by atoms with Crippen LogP contribution in [0.15, 0.2) is 29.4 Å². The summed E-state index contributed by atoms with van der Waals surface area (Å²) < 4.78 is 0. The molecule has 0 bridgehead atoms. The van der Waals surface area contributed by atoms with Gasteiger partial charge in [-0.05, 0) is 32.3 Å². The van der Waals surface area contributed by atoms with E-state index in [0.29, 0.717) is 18.7 Å². The van der Waals surface area contributed by atoms with Crippen LogP contribution < -0.4 is 0 Å². The topological polar surface area (TPSA) is 65.7 Å². The van der Waals surface area contributed by atoms with Gasteiger partial charge in [-0.3, -0.25) is 4.84 Å². The largest absolute Gasteiger partial charge is 0.436 e. The molecule has 104 valence electrons. The zero-order valence-corrected chi connectivity index (χ0v) is 11.5. The predicted octanol–water partition coefficient (Wildman–Crippen LogP) is 2.85. The first kappa shape index (κ1) is 14.1. The van der Waals surface area contributed by atoms with E-state index in [4.69, 9.17) is 10.1 Å². The number of aryl methyl sites for hydroxylation is 1. The summed E-state index contributed by atoms with van der Waals surface area (Å²) in [7, 11) is 0. The highest BCUT2D eigenvalue weighted by Crippen LogP contribution is 2.11. The Morgan fingerprint density at radius 1 is 1.35 bits per heavy atom. The molecule has 1 amide bonds. The van der Waals surface area contributed by atoms with Crippen LogP contribution in [-0.4, -0.2) is 29.8 Å². The summed E-state index contributed by atoms with van der Waals surface area (Å²) in [6.07, 6.45) is 2.63. The first-order valence-corrected chi connectivity index (χ1v) is 6.72. The number of carbonyl (C=O) groups excluding carboxylic acids is 1. The summed E-state index contributed by atoms with van der Waals surface area (Å²) in [6.45, 7) is 3.32. The lowest BCUT2D eigenvalue weighted by Gasteiger charge is -2.24. The van der Waals surface area contributed by atoms with Crippen LogP contribution in [0.25, 0.3) is 0 Å². The fourth-order valence-corrected chi connectivity index (χ4v) is 2.15. The van der Waals surface area contributed by atoms with Gasteiger partial charge in [0.15, 0.2) is 5.71 Å². The number of amides is 1. The van der Waals surface area contributed by atoms with E-state index in [-0.39, 0.29) is 5.71 Å². The molecule has 1 aliphatic heterocycles. The predicted molar refractivity (Wildman–Crippen MR) is 75.2 cm³/mol. The Morgan fingerprint density at radius 2 is 2.10 bits per heavy atom. The number of benzene rings is 1. The van der Waals surface area contributed by atoms with Crippen LogP contribution >= 0.6 is 0 Å². The Hall–Kier alpha value is -2.35. The van der Waals surface area contributed by atoms with Gasteiger partial charge in [0.2, 0.25) is 0 Å². The summed E-state index contributed by atoms with van der Waals surface area (Å²) in [5.41, 5.74) is 1.78. The molecule has 1 fully saturated rings.